The van der Waals surface area contributed by atoms with E-state index in [2.05, 4.69) is 0 Å². The van der Waals surface area contributed by atoms with E-state index < -0.39 is 5.23 Å². The second-order valence-electron chi connectivity index (χ2n) is 2.14. The lowest BCUT2D eigenvalue weighted by molar-refractivity contribution is -0.715. The van der Waals surface area contributed by atoms with Gasteiger partial charge in [0.25, 0.3) is 0 Å². The lowest BCUT2D eigenvalue weighted by Crippen LogP contribution is -2.96. The molecular weight excluding hydrogens is 146 g/mol. The summed E-state index contributed by atoms with van der Waals surface area (Å²) in [7, 11) is 0. The molecule has 11 heavy (non-hydrogen) atoms. The molecule has 0 atom stereocenters. The van der Waals surface area contributed by atoms with E-state index in [1.165, 1.54) is 12.1 Å². The molecule has 0 saturated heterocycles. The number of rotatable bonds is 2. The maximum atomic E-state index is 10.2. The normalized spacial score (nSPS) is 10.5. The van der Waals surface area contributed by atoms with Gasteiger partial charge in [-0.25, -0.2) is 0 Å². The Balaban J connectivity index is 2.83. The second kappa shape index (κ2) is 3.45. The van der Waals surface area contributed by atoms with Crippen LogP contribution in [0.4, 0.5) is 5.69 Å². The Kier molecular flexibility index (Phi) is 2.56. The first-order valence-corrected chi connectivity index (χ1v) is 3.15. The number of benzene rings is 1. The monoisotopic (exact) mass is 154 g/mol. The first-order chi connectivity index (χ1) is 5.24. The van der Waals surface area contributed by atoms with E-state index in [1.54, 1.807) is 12.1 Å². The second-order valence-corrected chi connectivity index (χ2v) is 2.14. The van der Waals surface area contributed by atoms with Crippen molar-refractivity contribution >= 4 is 5.69 Å². The maximum Gasteiger partial charge on any atom is 0.131 e. The van der Waals surface area contributed by atoms with Crippen LogP contribution in [0.2, 0.25) is 0 Å². The predicted molar refractivity (Wildman–Crippen MR) is 39.7 cm³/mol. The SMILES string of the molecule is [O-][NH+]([O-])c1ccc(CO)cc1. The molecule has 4 nitrogen and oxygen atoms in total. The van der Waals surface area contributed by atoms with Crippen molar-refractivity contribution in [3.8, 4) is 0 Å². The zero-order valence-electron chi connectivity index (χ0n) is 5.78. The molecule has 1 rings (SSSR count). The predicted octanol–water partition coefficient (Wildman–Crippen LogP) is -0.309. The summed E-state index contributed by atoms with van der Waals surface area (Å²) in [5.41, 5.74) is 0.817. The molecule has 0 unspecified atom stereocenters. The number of hydrogen-bond acceptors (Lipinski definition) is 3. The van der Waals surface area contributed by atoms with Crippen LogP contribution in [-0.4, -0.2) is 5.11 Å². The highest BCUT2D eigenvalue weighted by atomic mass is 16.8. The van der Waals surface area contributed by atoms with Crippen LogP contribution in [0.1, 0.15) is 5.56 Å². The molecule has 0 radical (unpaired) electrons. The zero-order valence-corrected chi connectivity index (χ0v) is 5.78. The average Bonchev–Trinajstić information content (AvgIpc) is 2.05. The molecule has 0 fully saturated rings. The summed E-state index contributed by atoms with van der Waals surface area (Å²) < 4.78 is 0. The molecule has 0 amide bonds. The summed E-state index contributed by atoms with van der Waals surface area (Å²) in [6.07, 6.45) is 0. The highest BCUT2D eigenvalue weighted by Gasteiger charge is 1.93. The van der Waals surface area contributed by atoms with Gasteiger partial charge in [-0.3, -0.25) is 0 Å². The standard InChI is InChI=1S/C7H8NO3/c9-5-6-1-3-7(4-2-6)8(10)11/h1-4,8-9H,5H2/q-1. The van der Waals surface area contributed by atoms with E-state index in [9.17, 15) is 10.4 Å². The Morgan fingerprint density at radius 1 is 1.18 bits per heavy atom. The molecule has 0 heterocycles. The number of aliphatic hydroxyl groups excluding tert-OH is 1. The number of quaternary nitrogens is 1. The summed E-state index contributed by atoms with van der Waals surface area (Å²) in [5.74, 6) is 0. The zero-order chi connectivity index (χ0) is 8.27. The molecule has 0 aromatic heterocycles. The van der Waals surface area contributed by atoms with Gasteiger partial charge in [0, 0.05) is 0 Å². The van der Waals surface area contributed by atoms with E-state index in [1.807, 2.05) is 0 Å². The van der Waals surface area contributed by atoms with Crippen LogP contribution < -0.4 is 5.23 Å². The molecule has 0 aliphatic rings. The van der Waals surface area contributed by atoms with Crippen LogP contribution in [0.25, 0.3) is 0 Å². The van der Waals surface area contributed by atoms with Crippen molar-refractivity contribution in [2.75, 3.05) is 0 Å². The van der Waals surface area contributed by atoms with Gasteiger partial charge >= 0.3 is 0 Å². The van der Waals surface area contributed by atoms with E-state index in [4.69, 9.17) is 5.11 Å². The molecule has 0 saturated carbocycles. The molecule has 1 aromatic rings. The molecule has 60 valence electrons. The van der Waals surface area contributed by atoms with Crippen molar-refractivity contribution in [2.24, 2.45) is 0 Å². The average molecular weight is 154 g/mol. The maximum absolute atomic E-state index is 10.2. The minimum atomic E-state index is -1.20. The Morgan fingerprint density at radius 2 is 1.73 bits per heavy atom. The highest BCUT2D eigenvalue weighted by Crippen LogP contribution is 2.04. The molecule has 1 aromatic carbocycles. The van der Waals surface area contributed by atoms with Crippen molar-refractivity contribution in [3.05, 3.63) is 40.2 Å². The van der Waals surface area contributed by atoms with Crippen LogP contribution in [0.5, 0.6) is 0 Å². The van der Waals surface area contributed by atoms with Gasteiger partial charge in [-0.15, -0.1) is 0 Å². The van der Waals surface area contributed by atoms with E-state index in [-0.39, 0.29) is 12.3 Å². The van der Waals surface area contributed by atoms with Gasteiger partial charge < -0.3 is 20.7 Å². The van der Waals surface area contributed by atoms with Gasteiger partial charge in [0.2, 0.25) is 0 Å². The molecule has 0 aliphatic heterocycles. The molecule has 0 aliphatic carbocycles. The van der Waals surface area contributed by atoms with Gasteiger partial charge in [-0.05, 0) is 17.7 Å². The molecule has 2 N–H and O–H groups in total. The molecule has 0 bridgehead atoms. The first kappa shape index (κ1) is 8.16. The van der Waals surface area contributed by atoms with Crippen LogP contribution in [0, 0.1) is 10.4 Å². The first-order valence-electron chi connectivity index (χ1n) is 3.15. The third-order valence-corrected chi connectivity index (χ3v) is 1.37. The van der Waals surface area contributed by atoms with Crippen molar-refractivity contribution in [1.82, 2.24) is 0 Å². The topological polar surface area (TPSA) is 70.8 Å². The summed E-state index contributed by atoms with van der Waals surface area (Å²) in [6, 6.07) is 5.90. The summed E-state index contributed by atoms with van der Waals surface area (Å²) in [5, 5.41) is 27.9. The van der Waals surface area contributed by atoms with Gasteiger partial charge in [0.15, 0.2) is 0 Å². The Morgan fingerprint density at radius 3 is 2.09 bits per heavy atom. The van der Waals surface area contributed by atoms with Gasteiger partial charge in [0.1, 0.15) is 5.69 Å². The van der Waals surface area contributed by atoms with Gasteiger partial charge in [-0.1, -0.05) is 12.1 Å². The Labute approximate surface area is 63.8 Å². The van der Waals surface area contributed by atoms with Crippen molar-refractivity contribution in [1.29, 1.82) is 0 Å². The van der Waals surface area contributed by atoms with Gasteiger partial charge in [-0.2, -0.15) is 0 Å². The summed E-state index contributed by atoms with van der Waals surface area (Å²) in [4.78, 5) is 0. The lowest BCUT2D eigenvalue weighted by atomic mass is 10.2. The van der Waals surface area contributed by atoms with Crippen LogP contribution in [0.3, 0.4) is 0 Å². The summed E-state index contributed by atoms with van der Waals surface area (Å²) >= 11 is 0. The highest BCUT2D eigenvalue weighted by molar-refractivity contribution is 5.32. The Bertz CT molecular complexity index is 220. The molecule has 0 spiro atoms. The number of aliphatic hydroxyl groups is 1. The fourth-order valence-electron chi connectivity index (χ4n) is 0.746. The van der Waals surface area contributed by atoms with Crippen LogP contribution >= 0.6 is 0 Å². The van der Waals surface area contributed by atoms with Crippen molar-refractivity contribution < 1.29 is 10.3 Å². The fraction of sp³-hybridized carbons (Fsp3) is 0.143. The minimum absolute atomic E-state index is 0.0761. The van der Waals surface area contributed by atoms with E-state index in [0.717, 1.165) is 0 Å². The smallest absolute Gasteiger partial charge is 0.131 e. The van der Waals surface area contributed by atoms with Crippen molar-refractivity contribution in [3.63, 3.8) is 0 Å². The Hall–Kier alpha value is -0.940. The number of nitrogens with one attached hydrogen (secondary N) is 1. The quantitative estimate of drug-likeness (QED) is 0.574. The van der Waals surface area contributed by atoms with Crippen LogP contribution in [-0.2, 0) is 6.61 Å². The minimum Gasteiger partial charge on any atom is -0.628 e. The largest absolute Gasteiger partial charge is 0.628 e. The molecular formula is C7H8NO3-. The fourth-order valence-corrected chi connectivity index (χ4v) is 0.746. The van der Waals surface area contributed by atoms with Crippen molar-refractivity contribution in [2.45, 2.75) is 6.61 Å². The molecule has 4 heteroatoms. The van der Waals surface area contributed by atoms with Gasteiger partial charge in [0.05, 0.1) is 6.61 Å². The lowest BCUT2D eigenvalue weighted by Gasteiger charge is -2.24. The van der Waals surface area contributed by atoms with Crippen LogP contribution in [0.15, 0.2) is 24.3 Å². The third kappa shape index (κ3) is 1.99. The third-order valence-electron chi connectivity index (χ3n) is 1.37. The summed E-state index contributed by atoms with van der Waals surface area (Å²) in [6.45, 7) is -0.0761. The number of hydrogen-bond donors (Lipinski definition) is 2. The van der Waals surface area contributed by atoms with E-state index in [0.29, 0.717) is 5.56 Å². The van der Waals surface area contributed by atoms with E-state index >= 15 is 0 Å².